The van der Waals surface area contributed by atoms with E-state index >= 15 is 0 Å². The van der Waals surface area contributed by atoms with Crippen molar-refractivity contribution in [2.45, 2.75) is 20.4 Å². The zero-order valence-corrected chi connectivity index (χ0v) is 6.82. The first kappa shape index (κ1) is 7.98. The number of ketones is 1. The SMILES string of the molecule is CC(=O)C(C)Cn1ccnc1. The van der Waals surface area contributed by atoms with Crippen molar-refractivity contribution < 1.29 is 4.79 Å². The van der Waals surface area contributed by atoms with E-state index in [2.05, 4.69) is 4.98 Å². The Kier molecular flexibility index (Phi) is 2.41. The van der Waals surface area contributed by atoms with Gasteiger partial charge in [-0.3, -0.25) is 4.79 Å². The second-order valence-electron chi connectivity index (χ2n) is 2.77. The van der Waals surface area contributed by atoms with Crippen molar-refractivity contribution in [3.63, 3.8) is 0 Å². The molecule has 0 aliphatic heterocycles. The molecule has 0 aromatic carbocycles. The maximum Gasteiger partial charge on any atom is 0.134 e. The van der Waals surface area contributed by atoms with Gasteiger partial charge in [-0.25, -0.2) is 4.98 Å². The van der Waals surface area contributed by atoms with Crippen LogP contribution in [-0.2, 0) is 11.3 Å². The van der Waals surface area contributed by atoms with E-state index in [-0.39, 0.29) is 11.7 Å². The lowest BCUT2D eigenvalue weighted by atomic mass is 10.1. The van der Waals surface area contributed by atoms with Gasteiger partial charge >= 0.3 is 0 Å². The van der Waals surface area contributed by atoms with E-state index in [1.807, 2.05) is 17.7 Å². The van der Waals surface area contributed by atoms with E-state index in [0.29, 0.717) is 0 Å². The Morgan fingerprint density at radius 3 is 2.91 bits per heavy atom. The highest BCUT2D eigenvalue weighted by Crippen LogP contribution is 2.00. The average molecular weight is 152 g/mol. The normalized spacial score (nSPS) is 12.9. The van der Waals surface area contributed by atoms with Crippen LogP contribution in [0, 0.1) is 5.92 Å². The fourth-order valence-corrected chi connectivity index (χ4v) is 0.840. The van der Waals surface area contributed by atoms with E-state index < -0.39 is 0 Å². The van der Waals surface area contributed by atoms with Crippen LogP contribution < -0.4 is 0 Å². The molecule has 0 saturated heterocycles. The minimum absolute atomic E-state index is 0.0872. The van der Waals surface area contributed by atoms with Gasteiger partial charge in [-0.15, -0.1) is 0 Å². The van der Waals surface area contributed by atoms with Crippen LogP contribution in [0.5, 0.6) is 0 Å². The van der Waals surface area contributed by atoms with Gasteiger partial charge in [-0.2, -0.15) is 0 Å². The van der Waals surface area contributed by atoms with Crippen molar-refractivity contribution in [2.75, 3.05) is 0 Å². The van der Waals surface area contributed by atoms with Gasteiger partial charge in [0.05, 0.1) is 6.33 Å². The first-order valence-electron chi connectivity index (χ1n) is 3.66. The average Bonchev–Trinajstić information content (AvgIpc) is 2.39. The molecule has 1 rings (SSSR count). The van der Waals surface area contributed by atoms with Crippen LogP contribution in [0.3, 0.4) is 0 Å². The number of nitrogens with zero attached hydrogens (tertiary/aromatic N) is 2. The fourth-order valence-electron chi connectivity index (χ4n) is 0.840. The Morgan fingerprint density at radius 2 is 2.45 bits per heavy atom. The molecule has 1 unspecified atom stereocenters. The molecule has 0 aliphatic carbocycles. The van der Waals surface area contributed by atoms with Gasteiger partial charge in [0.15, 0.2) is 0 Å². The number of imidazole rings is 1. The molecule has 0 saturated carbocycles. The largest absolute Gasteiger partial charge is 0.337 e. The molecule has 0 N–H and O–H groups in total. The highest BCUT2D eigenvalue weighted by molar-refractivity contribution is 5.77. The Bertz CT molecular complexity index is 228. The Labute approximate surface area is 66.1 Å². The van der Waals surface area contributed by atoms with Crippen LogP contribution in [0.15, 0.2) is 18.7 Å². The highest BCUT2D eigenvalue weighted by atomic mass is 16.1. The molecule has 0 spiro atoms. The van der Waals surface area contributed by atoms with Crippen molar-refractivity contribution >= 4 is 5.78 Å². The minimum atomic E-state index is 0.0872. The van der Waals surface area contributed by atoms with Gasteiger partial charge in [0.25, 0.3) is 0 Å². The van der Waals surface area contributed by atoms with Crippen LogP contribution in [0.2, 0.25) is 0 Å². The van der Waals surface area contributed by atoms with Crippen LogP contribution >= 0.6 is 0 Å². The predicted molar refractivity (Wildman–Crippen MR) is 42.1 cm³/mol. The van der Waals surface area contributed by atoms with Gasteiger partial charge in [0, 0.05) is 24.9 Å². The molecule has 0 radical (unpaired) electrons. The summed E-state index contributed by atoms with van der Waals surface area (Å²) in [6.07, 6.45) is 5.30. The quantitative estimate of drug-likeness (QED) is 0.650. The lowest BCUT2D eigenvalue weighted by molar-refractivity contribution is -0.120. The third-order valence-electron chi connectivity index (χ3n) is 1.74. The standard InChI is InChI=1S/C8H12N2O/c1-7(8(2)11)5-10-4-3-9-6-10/h3-4,6-7H,5H2,1-2H3. The first-order chi connectivity index (χ1) is 5.20. The molecule has 60 valence electrons. The van der Waals surface area contributed by atoms with Gasteiger partial charge < -0.3 is 4.57 Å². The third kappa shape index (κ3) is 2.18. The summed E-state index contributed by atoms with van der Waals surface area (Å²) in [5, 5.41) is 0. The second-order valence-corrected chi connectivity index (χ2v) is 2.77. The molecule has 1 heterocycles. The van der Waals surface area contributed by atoms with Crippen molar-refractivity contribution in [1.82, 2.24) is 9.55 Å². The second kappa shape index (κ2) is 3.32. The zero-order valence-electron chi connectivity index (χ0n) is 6.82. The van der Waals surface area contributed by atoms with E-state index in [4.69, 9.17) is 0 Å². The number of carbonyl (C=O) groups is 1. The smallest absolute Gasteiger partial charge is 0.134 e. The number of hydrogen-bond donors (Lipinski definition) is 0. The van der Waals surface area contributed by atoms with E-state index in [1.165, 1.54) is 0 Å². The number of carbonyl (C=O) groups excluding carboxylic acids is 1. The summed E-state index contributed by atoms with van der Waals surface area (Å²) in [6.45, 7) is 4.26. The molecular weight excluding hydrogens is 140 g/mol. The van der Waals surface area contributed by atoms with Crippen molar-refractivity contribution in [1.29, 1.82) is 0 Å². The third-order valence-corrected chi connectivity index (χ3v) is 1.74. The van der Waals surface area contributed by atoms with E-state index in [9.17, 15) is 4.79 Å². The Morgan fingerprint density at radius 1 is 1.73 bits per heavy atom. The Balaban J connectivity index is 2.50. The fraction of sp³-hybridized carbons (Fsp3) is 0.500. The summed E-state index contributed by atoms with van der Waals surface area (Å²) in [5.74, 6) is 0.308. The molecule has 0 amide bonds. The topological polar surface area (TPSA) is 34.9 Å². The lowest BCUT2D eigenvalue weighted by Crippen LogP contribution is -2.13. The summed E-state index contributed by atoms with van der Waals surface area (Å²) in [7, 11) is 0. The molecule has 0 bridgehead atoms. The summed E-state index contributed by atoms with van der Waals surface area (Å²) in [6, 6.07) is 0. The summed E-state index contributed by atoms with van der Waals surface area (Å²) in [5.41, 5.74) is 0. The monoisotopic (exact) mass is 152 g/mol. The zero-order chi connectivity index (χ0) is 8.27. The number of hydrogen-bond acceptors (Lipinski definition) is 2. The summed E-state index contributed by atoms with van der Waals surface area (Å²) >= 11 is 0. The van der Waals surface area contributed by atoms with Gasteiger partial charge in [-0.05, 0) is 6.92 Å². The van der Waals surface area contributed by atoms with E-state index in [1.54, 1.807) is 19.4 Å². The molecule has 0 aliphatic rings. The van der Waals surface area contributed by atoms with Crippen molar-refractivity contribution in [2.24, 2.45) is 5.92 Å². The van der Waals surface area contributed by atoms with Crippen LogP contribution in [-0.4, -0.2) is 15.3 Å². The molecule has 3 heteroatoms. The number of aromatic nitrogens is 2. The highest BCUT2D eigenvalue weighted by Gasteiger charge is 2.06. The van der Waals surface area contributed by atoms with Gasteiger partial charge in [0.2, 0.25) is 0 Å². The maximum atomic E-state index is 10.8. The summed E-state index contributed by atoms with van der Waals surface area (Å²) < 4.78 is 1.91. The van der Waals surface area contributed by atoms with Crippen LogP contribution in [0.25, 0.3) is 0 Å². The predicted octanol–water partition coefficient (Wildman–Crippen LogP) is 1.11. The first-order valence-corrected chi connectivity index (χ1v) is 3.66. The maximum absolute atomic E-state index is 10.8. The molecule has 0 fully saturated rings. The summed E-state index contributed by atoms with van der Waals surface area (Å²) in [4.78, 5) is 14.7. The molecule has 11 heavy (non-hydrogen) atoms. The molecule has 1 atom stereocenters. The van der Waals surface area contributed by atoms with E-state index in [0.717, 1.165) is 6.54 Å². The lowest BCUT2D eigenvalue weighted by Gasteiger charge is -2.06. The molecular formula is C8H12N2O. The van der Waals surface area contributed by atoms with Gasteiger partial charge in [-0.1, -0.05) is 6.92 Å². The van der Waals surface area contributed by atoms with Crippen molar-refractivity contribution in [3.05, 3.63) is 18.7 Å². The van der Waals surface area contributed by atoms with Gasteiger partial charge in [0.1, 0.15) is 5.78 Å². The Hall–Kier alpha value is -1.12. The van der Waals surface area contributed by atoms with Crippen LogP contribution in [0.1, 0.15) is 13.8 Å². The number of rotatable bonds is 3. The number of Topliss-reactive ketones (excluding diaryl/α,β-unsaturated/α-hetero) is 1. The van der Waals surface area contributed by atoms with Crippen molar-refractivity contribution in [3.8, 4) is 0 Å². The molecule has 1 aromatic rings. The minimum Gasteiger partial charge on any atom is -0.337 e. The molecule has 3 nitrogen and oxygen atoms in total. The van der Waals surface area contributed by atoms with Crippen LogP contribution in [0.4, 0.5) is 0 Å². The molecule has 1 aromatic heterocycles.